The van der Waals surface area contributed by atoms with E-state index in [0.717, 1.165) is 25.9 Å². The van der Waals surface area contributed by atoms with Gasteiger partial charge in [-0.3, -0.25) is 11.3 Å². The van der Waals surface area contributed by atoms with Crippen LogP contribution < -0.4 is 11.3 Å². The van der Waals surface area contributed by atoms with Crippen LogP contribution in [0.15, 0.2) is 0 Å². The lowest BCUT2D eigenvalue weighted by molar-refractivity contribution is -0.107. The summed E-state index contributed by atoms with van der Waals surface area (Å²) < 4.78 is 6.07. The van der Waals surface area contributed by atoms with Gasteiger partial charge in [-0.25, -0.2) is 0 Å². The first-order valence-electron chi connectivity index (χ1n) is 6.60. The molecule has 0 radical (unpaired) electrons. The molecule has 1 unspecified atom stereocenters. The van der Waals surface area contributed by atoms with Gasteiger partial charge in [0.25, 0.3) is 0 Å². The first-order chi connectivity index (χ1) is 7.49. The highest BCUT2D eigenvalue weighted by molar-refractivity contribution is 4.97. The molecule has 96 valence electrons. The number of nitrogens with one attached hydrogen (secondary N) is 1. The monoisotopic (exact) mass is 228 g/mol. The van der Waals surface area contributed by atoms with Crippen molar-refractivity contribution in [2.45, 2.75) is 71.4 Å². The SMILES string of the molecule is CCOC1(C(CC)NN)CCC(C)(C)CC1. The van der Waals surface area contributed by atoms with E-state index in [2.05, 4.69) is 33.1 Å². The molecule has 3 heteroatoms. The third-order valence-electron chi connectivity index (χ3n) is 4.13. The van der Waals surface area contributed by atoms with E-state index in [1.54, 1.807) is 0 Å². The molecule has 1 fully saturated rings. The average molecular weight is 228 g/mol. The fraction of sp³-hybridized carbons (Fsp3) is 1.00. The van der Waals surface area contributed by atoms with Gasteiger partial charge in [0, 0.05) is 12.6 Å². The molecule has 1 aliphatic carbocycles. The Morgan fingerprint density at radius 2 is 1.75 bits per heavy atom. The van der Waals surface area contributed by atoms with Crippen molar-refractivity contribution < 1.29 is 4.74 Å². The van der Waals surface area contributed by atoms with Crippen molar-refractivity contribution in [2.24, 2.45) is 11.3 Å². The molecule has 1 atom stereocenters. The molecule has 3 N–H and O–H groups in total. The number of hydrogen-bond donors (Lipinski definition) is 2. The second-order valence-electron chi connectivity index (χ2n) is 5.79. The van der Waals surface area contributed by atoms with Gasteiger partial charge in [0.05, 0.1) is 5.60 Å². The van der Waals surface area contributed by atoms with Gasteiger partial charge >= 0.3 is 0 Å². The van der Waals surface area contributed by atoms with E-state index in [0.29, 0.717) is 5.41 Å². The standard InChI is InChI=1S/C13H28N2O/c1-5-11(15-14)13(16-6-2)9-7-12(3,4)8-10-13/h11,15H,5-10,14H2,1-4H3. The van der Waals surface area contributed by atoms with Gasteiger partial charge in [-0.05, 0) is 44.4 Å². The normalized spacial score (nSPS) is 25.3. The summed E-state index contributed by atoms with van der Waals surface area (Å²) >= 11 is 0. The first kappa shape index (κ1) is 13.9. The molecule has 1 saturated carbocycles. The zero-order valence-electron chi connectivity index (χ0n) is 11.3. The van der Waals surface area contributed by atoms with Crippen LogP contribution in [0.4, 0.5) is 0 Å². The summed E-state index contributed by atoms with van der Waals surface area (Å²) in [6.07, 6.45) is 5.72. The second-order valence-corrected chi connectivity index (χ2v) is 5.79. The first-order valence-corrected chi connectivity index (χ1v) is 6.60. The van der Waals surface area contributed by atoms with Crippen molar-refractivity contribution in [3.63, 3.8) is 0 Å². The van der Waals surface area contributed by atoms with Crippen LogP contribution in [0.1, 0.15) is 59.8 Å². The predicted octanol–water partition coefficient (Wildman–Crippen LogP) is 2.60. The highest BCUT2D eigenvalue weighted by atomic mass is 16.5. The summed E-state index contributed by atoms with van der Waals surface area (Å²) in [6.45, 7) is 9.72. The molecule has 0 amide bonds. The van der Waals surface area contributed by atoms with Gasteiger partial charge in [0.1, 0.15) is 0 Å². The molecule has 0 spiro atoms. The topological polar surface area (TPSA) is 47.3 Å². The van der Waals surface area contributed by atoms with Crippen LogP contribution in [0, 0.1) is 5.41 Å². The van der Waals surface area contributed by atoms with Gasteiger partial charge < -0.3 is 4.74 Å². The minimum absolute atomic E-state index is 0.0340. The molecule has 1 aliphatic rings. The number of nitrogens with two attached hydrogens (primary N) is 1. The van der Waals surface area contributed by atoms with Crippen molar-refractivity contribution in [1.82, 2.24) is 5.43 Å². The fourth-order valence-electron chi connectivity index (χ4n) is 2.87. The number of ether oxygens (including phenoxy) is 1. The Hall–Kier alpha value is -0.120. The number of rotatable bonds is 5. The Morgan fingerprint density at radius 1 is 1.19 bits per heavy atom. The minimum Gasteiger partial charge on any atom is -0.374 e. The molecule has 0 aromatic carbocycles. The molecule has 0 saturated heterocycles. The zero-order valence-corrected chi connectivity index (χ0v) is 11.3. The van der Waals surface area contributed by atoms with Crippen LogP contribution in [0.25, 0.3) is 0 Å². The molecular weight excluding hydrogens is 200 g/mol. The van der Waals surface area contributed by atoms with Gasteiger partial charge in [0.15, 0.2) is 0 Å². The Morgan fingerprint density at radius 3 is 2.12 bits per heavy atom. The van der Waals surface area contributed by atoms with E-state index in [9.17, 15) is 0 Å². The molecule has 0 aromatic rings. The van der Waals surface area contributed by atoms with E-state index < -0.39 is 0 Å². The van der Waals surface area contributed by atoms with Gasteiger partial charge in [-0.15, -0.1) is 0 Å². The van der Waals surface area contributed by atoms with E-state index in [1.807, 2.05) is 0 Å². The Balaban J connectivity index is 2.74. The van der Waals surface area contributed by atoms with Crippen molar-refractivity contribution in [3.8, 4) is 0 Å². The van der Waals surface area contributed by atoms with Crippen LogP contribution in [0.2, 0.25) is 0 Å². The fourth-order valence-corrected chi connectivity index (χ4v) is 2.87. The Bertz CT molecular complexity index is 202. The van der Waals surface area contributed by atoms with Crippen molar-refractivity contribution in [3.05, 3.63) is 0 Å². The molecule has 0 aromatic heterocycles. The quantitative estimate of drug-likeness (QED) is 0.561. The molecule has 0 aliphatic heterocycles. The molecule has 16 heavy (non-hydrogen) atoms. The lowest BCUT2D eigenvalue weighted by Gasteiger charge is -2.47. The van der Waals surface area contributed by atoms with Crippen molar-refractivity contribution >= 4 is 0 Å². The molecule has 0 heterocycles. The maximum atomic E-state index is 6.07. The summed E-state index contributed by atoms with van der Waals surface area (Å²) in [5.41, 5.74) is 3.38. The van der Waals surface area contributed by atoms with E-state index in [4.69, 9.17) is 10.6 Å². The van der Waals surface area contributed by atoms with Crippen LogP contribution in [0.5, 0.6) is 0 Å². The highest BCUT2D eigenvalue weighted by Crippen LogP contribution is 2.44. The Labute approximate surface area is 100 Å². The van der Waals surface area contributed by atoms with Crippen LogP contribution in [-0.2, 0) is 4.74 Å². The van der Waals surface area contributed by atoms with Crippen LogP contribution >= 0.6 is 0 Å². The lowest BCUT2D eigenvalue weighted by Crippen LogP contribution is -2.56. The van der Waals surface area contributed by atoms with E-state index in [1.165, 1.54) is 12.8 Å². The van der Waals surface area contributed by atoms with E-state index >= 15 is 0 Å². The third kappa shape index (κ3) is 2.96. The zero-order chi connectivity index (χ0) is 12.2. The maximum absolute atomic E-state index is 6.07. The molecular formula is C13H28N2O. The lowest BCUT2D eigenvalue weighted by atomic mass is 9.68. The summed E-state index contributed by atoms with van der Waals surface area (Å²) in [5.74, 6) is 5.67. The molecule has 1 rings (SSSR count). The maximum Gasteiger partial charge on any atom is 0.0848 e. The smallest absolute Gasteiger partial charge is 0.0848 e. The van der Waals surface area contributed by atoms with Crippen molar-refractivity contribution in [2.75, 3.05) is 6.61 Å². The highest BCUT2D eigenvalue weighted by Gasteiger charge is 2.43. The van der Waals surface area contributed by atoms with Gasteiger partial charge in [-0.1, -0.05) is 20.8 Å². The van der Waals surface area contributed by atoms with Gasteiger partial charge in [0.2, 0.25) is 0 Å². The Kier molecular flexibility index (Phi) is 4.77. The third-order valence-corrected chi connectivity index (χ3v) is 4.13. The molecule has 0 bridgehead atoms. The van der Waals surface area contributed by atoms with E-state index in [-0.39, 0.29) is 11.6 Å². The van der Waals surface area contributed by atoms with Crippen LogP contribution in [-0.4, -0.2) is 18.2 Å². The number of hydrogen-bond acceptors (Lipinski definition) is 3. The molecule has 3 nitrogen and oxygen atoms in total. The minimum atomic E-state index is -0.0340. The summed E-state index contributed by atoms with van der Waals surface area (Å²) in [6, 6.07) is 0.281. The van der Waals surface area contributed by atoms with Crippen LogP contribution in [0.3, 0.4) is 0 Å². The van der Waals surface area contributed by atoms with Crippen molar-refractivity contribution in [1.29, 1.82) is 0 Å². The second kappa shape index (κ2) is 5.48. The average Bonchev–Trinajstić information content (AvgIpc) is 2.24. The number of hydrazine groups is 1. The summed E-state index contributed by atoms with van der Waals surface area (Å²) in [7, 11) is 0. The summed E-state index contributed by atoms with van der Waals surface area (Å²) in [5, 5.41) is 0. The predicted molar refractivity (Wildman–Crippen MR) is 68.0 cm³/mol. The summed E-state index contributed by atoms with van der Waals surface area (Å²) in [4.78, 5) is 0. The van der Waals surface area contributed by atoms with Gasteiger partial charge in [-0.2, -0.15) is 0 Å². The largest absolute Gasteiger partial charge is 0.374 e.